The molecule has 26 heteroatoms. The molecular weight excluding hydrogens is 798 g/mol. The van der Waals surface area contributed by atoms with Crippen LogP contribution in [0.5, 0.6) is 0 Å². The molecular formula is C32H55NO25. The number of ether oxygens (including phenoxy) is 8. The van der Waals surface area contributed by atoms with Gasteiger partial charge >= 0.3 is 0 Å². The molecule has 0 unspecified atom stereocenters. The van der Waals surface area contributed by atoms with Gasteiger partial charge in [-0.2, -0.15) is 0 Å². The number of rotatable bonds is 17. The monoisotopic (exact) mass is 853 g/mol. The molecule has 4 saturated heterocycles. The van der Waals surface area contributed by atoms with Crippen molar-refractivity contribution in [1.29, 1.82) is 0 Å². The summed E-state index contributed by atoms with van der Waals surface area (Å²) in [6, 6.07) is -1.77. The van der Waals surface area contributed by atoms with Crippen molar-refractivity contribution in [1.82, 2.24) is 5.32 Å². The van der Waals surface area contributed by atoms with E-state index in [4.69, 9.17) is 37.9 Å². The maximum Gasteiger partial charge on any atom is 0.217 e. The normalized spacial score (nSPS) is 45.8. The van der Waals surface area contributed by atoms with Crippen molar-refractivity contribution in [3.05, 3.63) is 0 Å². The van der Waals surface area contributed by atoms with E-state index in [9.17, 15) is 86.2 Å². The summed E-state index contributed by atoms with van der Waals surface area (Å²) in [7, 11) is 0. The van der Waals surface area contributed by atoms with Gasteiger partial charge in [0.15, 0.2) is 31.4 Å². The number of aliphatic hydroxyl groups excluding tert-OH is 15. The summed E-state index contributed by atoms with van der Waals surface area (Å²) >= 11 is 0. The van der Waals surface area contributed by atoms with Gasteiger partial charge in [-0.25, -0.2) is 0 Å². The average molecular weight is 854 g/mol. The fourth-order valence-corrected chi connectivity index (χ4v) is 6.91. The van der Waals surface area contributed by atoms with Crippen LogP contribution in [0, 0.1) is 0 Å². The van der Waals surface area contributed by atoms with Gasteiger partial charge < -0.3 is 125 Å². The van der Waals surface area contributed by atoms with Crippen molar-refractivity contribution >= 4 is 12.2 Å². The lowest BCUT2D eigenvalue weighted by Gasteiger charge is -2.51. The molecule has 16 N–H and O–H groups in total. The van der Waals surface area contributed by atoms with Gasteiger partial charge in [0, 0.05) is 6.92 Å². The zero-order valence-electron chi connectivity index (χ0n) is 31.1. The van der Waals surface area contributed by atoms with Crippen molar-refractivity contribution in [3.8, 4) is 0 Å². The molecule has 26 nitrogen and oxygen atoms in total. The lowest BCUT2D eigenvalue weighted by Crippen LogP contribution is -2.71. The summed E-state index contributed by atoms with van der Waals surface area (Å²) in [5.74, 6) is -0.857. The molecule has 0 aromatic heterocycles. The van der Waals surface area contributed by atoms with E-state index >= 15 is 0 Å². The number of aliphatic hydroxyl groups is 15. The van der Waals surface area contributed by atoms with Gasteiger partial charge in [-0.05, 0) is 6.92 Å². The van der Waals surface area contributed by atoms with E-state index in [2.05, 4.69) is 5.32 Å². The van der Waals surface area contributed by atoms with Gasteiger partial charge in [-0.3, -0.25) is 4.79 Å². The van der Waals surface area contributed by atoms with Crippen LogP contribution >= 0.6 is 0 Å². The van der Waals surface area contributed by atoms with Crippen LogP contribution in [-0.2, 0) is 47.5 Å². The molecule has 58 heavy (non-hydrogen) atoms. The van der Waals surface area contributed by atoms with Crippen LogP contribution in [0.4, 0.5) is 0 Å². The number of hydrogen-bond acceptors (Lipinski definition) is 25. The number of amides is 1. The first kappa shape index (κ1) is 48.9. The molecule has 0 aromatic carbocycles. The standard InChI is InChI=1S/C32H55NO25/c1-8-16(42)20(46)22(48)30(51-8)57-27-15(33-9(2)39)29(54-14(7-38)26(27)56-31-23(49)21(47)18(44)12(5-36)52-31)58-28-19(45)13(6-37)53-32(24(28)50)55-25(11(41)4-35)17(43)10(40)3-34/h3,8,10-32,35-38,40-50H,4-7H2,1-2H3,(H,33,39)/t8-,10+,11-,12-,13-,14-,15-,16+,17-,18+,19+,20+,21+,22-,23-,24-,25-,26-,27-,28+,29+,30-,31+,32+/m1/s1. The van der Waals surface area contributed by atoms with Crippen LogP contribution in [-0.4, -0.2) is 262 Å². The first-order chi connectivity index (χ1) is 27.3. The topological polar surface area (TPSA) is 423 Å². The third kappa shape index (κ3) is 10.6. The summed E-state index contributed by atoms with van der Waals surface area (Å²) in [5, 5.41) is 159. The molecule has 4 aliphatic rings. The molecule has 4 fully saturated rings. The van der Waals surface area contributed by atoms with Crippen molar-refractivity contribution in [2.75, 3.05) is 26.4 Å². The minimum atomic E-state index is -2.23. The molecule has 24 atom stereocenters. The lowest BCUT2D eigenvalue weighted by atomic mass is 9.93. The molecule has 1 amide bonds. The smallest absolute Gasteiger partial charge is 0.217 e. The average Bonchev–Trinajstić information content (AvgIpc) is 3.20. The number of nitrogens with one attached hydrogen (secondary N) is 1. The molecule has 4 rings (SSSR count). The lowest BCUT2D eigenvalue weighted by molar-refractivity contribution is -0.388. The summed E-state index contributed by atoms with van der Waals surface area (Å²) in [6.45, 7) is -1.73. The summed E-state index contributed by atoms with van der Waals surface area (Å²) in [5.41, 5.74) is 0. The van der Waals surface area contributed by atoms with E-state index < -0.39 is 180 Å². The van der Waals surface area contributed by atoms with Crippen LogP contribution in [0.15, 0.2) is 0 Å². The quantitative estimate of drug-likeness (QED) is 0.0604. The third-order valence-corrected chi connectivity index (χ3v) is 10.2. The Morgan fingerprint density at radius 3 is 1.67 bits per heavy atom. The molecule has 0 aromatic rings. The second kappa shape index (κ2) is 21.3. The fourth-order valence-electron chi connectivity index (χ4n) is 6.91. The Morgan fingerprint density at radius 1 is 0.621 bits per heavy atom. The van der Waals surface area contributed by atoms with Crippen LogP contribution in [0.1, 0.15) is 13.8 Å². The molecule has 0 aliphatic carbocycles. The van der Waals surface area contributed by atoms with E-state index in [1.165, 1.54) is 6.92 Å². The van der Waals surface area contributed by atoms with Gasteiger partial charge in [0.2, 0.25) is 5.91 Å². The number of hydrogen-bond donors (Lipinski definition) is 16. The second-order valence-electron chi connectivity index (χ2n) is 14.3. The molecule has 0 spiro atoms. The highest BCUT2D eigenvalue weighted by Crippen LogP contribution is 2.36. The largest absolute Gasteiger partial charge is 0.394 e. The summed E-state index contributed by atoms with van der Waals surface area (Å²) < 4.78 is 45.8. The highest BCUT2D eigenvalue weighted by Gasteiger charge is 2.57. The first-order valence-corrected chi connectivity index (χ1v) is 18.2. The third-order valence-electron chi connectivity index (χ3n) is 10.2. The maximum absolute atomic E-state index is 12.7. The Morgan fingerprint density at radius 2 is 1.12 bits per heavy atom. The van der Waals surface area contributed by atoms with E-state index in [0.717, 1.165) is 6.92 Å². The van der Waals surface area contributed by atoms with Gasteiger partial charge in [-0.1, -0.05) is 0 Å². The fraction of sp³-hybridized carbons (Fsp3) is 0.938. The predicted molar refractivity (Wildman–Crippen MR) is 178 cm³/mol. The number of carbonyl (C=O) groups excluding carboxylic acids is 2. The van der Waals surface area contributed by atoms with E-state index in [1.54, 1.807) is 0 Å². The Labute approximate surface area is 329 Å². The molecule has 4 aliphatic heterocycles. The molecule has 4 heterocycles. The Balaban J connectivity index is 1.75. The van der Waals surface area contributed by atoms with Gasteiger partial charge in [0.05, 0.1) is 32.5 Å². The Hall–Kier alpha value is -1.78. The van der Waals surface area contributed by atoms with Gasteiger partial charge in [0.1, 0.15) is 116 Å². The van der Waals surface area contributed by atoms with Crippen molar-refractivity contribution < 1.29 is 124 Å². The minimum Gasteiger partial charge on any atom is -0.394 e. The highest BCUT2D eigenvalue weighted by molar-refractivity contribution is 5.73. The van der Waals surface area contributed by atoms with Crippen LogP contribution in [0.3, 0.4) is 0 Å². The summed E-state index contributed by atoms with van der Waals surface area (Å²) in [4.78, 5) is 23.9. The summed E-state index contributed by atoms with van der Waals surface area (Å²) in [6.07, 6.45) is -43.9. The first-order valence-electron chi connectivity index (χ1n) is 18.2. The van der Waals surface area contributed by atoms with Crippen molar-refractivity contribution in [3.63, 3.8) is 0 Å². The molecule has 338 valence electrons. The van der Waals surface area contributed by atoms with Gasteiger partial charge in [0.25, 0.3) is 0 Å². The van der Waals surface area contributed by atoms with Gasteiger partial charge in [-0.15, -0.1) is 0 Å². The molecule has 0 radical (unpaired) electrons. The number of aldehydes is 1. The predicted octanol–water partition coefficient (Wildman–Crippen LogP) is -10.9. The zero-order valence-corrected chi connectivity index (χ0v) is 31.1. The van der Waals surface area contributed by atoms with Crippen molar-refractivity contribution in [2.45, 2.75) is 161 Å². The SMILES string of the molecule is CC(=O)N[C@H]1[C@H](O[C@H]2[C@@H](O)[C@@H](CO)O[C@@H](O[C@@H]([C@H](O)[C@@H](O)C=O)[C@H](O)CO)[C@@H]2O)O[C@H](CO)[C@@H](O[C@@H]2O[C@H](CO)[C@H](O)[C@H](O)[C@H]2O)[C@@H]1O[C@H]1O[C@H](C)[C@H](O)[C@H](O)[C@H]1O. The van der Waals surface area contributed by atoms with Crippen LogP contribution in [0.2, 0.25) is 0 Å². The maximum atomic E-state index is 12.7. The molecule has 0 saturated carbocycles. The minimum absolute atomic E-state index is 0.122. The number of carbonyl (C=O) groups is 2. The van der Waals surface area contributed by atoms with E-state index in [1.807, 2.05) is 0 Å². The molecule has 0 bridgehead atoms. The Bertz CT molecular complexity index is 1290. The Kier molecular flexibility index (Phi) is 18.0. The van der Waals surface area contributed by atoms with Crippen LogP contribution < -0.4 is 5.32 Å². The highest BCUT2D eigenvalue weighted by atomic mass is 16.8. The van der Waals surface area contributed by atoms with E-state index in [0.29, 0.717) is 0 Å². The van der Waals surface area contributed by atoms with Crippen LogP contribution in [0.25, 0.3) is 0 Å². The second-order valence-corrected chi connectivity index (χ2v) is 14.3. The van der Waals surface area contributed by atoms with Crippen molar-refractivity contribution in [2.24, 2.45) is 0 Å². The zero-order chi connectivity index (χ0) is 43.3. The van der Waals surface area contributed by atoms with E-state index in [-0.39, 0.29) is 6.29 Å².